The normalized spacial score (nSPS) is 17.7. The van der Waals surface area contributed by atoms with Crippen molar-refractivity contribution < 1.29 is 9.85 Å². The minimum absolute atomic E-state index is 0. The minimum atomic E-state index is -0.0950. The number of hydrogen-bond acceptors (Lipinski definition) is 4. The molecular formula is C22H22IO2PS2. The summed E-state index contributed by atoms with van der Waals surface area (Å²) in [6, 6.07) is 24.3. The van der Waals surface area contributed by atoms with Gasteiger partial charge in [-0.15, -0.1) is 11.8 Å². The molecule has 3 aromatic rings. The molecule has 0 aromatic heterocycles. The molecule has 6 heteroatoms. The van der Waals surface area contributed by atoms with Gasteiger partial charge in [-0.25, -0.2) is 0 Å². The van der Waals surface area contributed by atoms with Gasteiger partial charge in [-0.1, -0.05) is 56.0 Å². The summed E-state index contributed by atoms with van der Waals surface area (Å²) in [5.41, 5.74) is 3.55. The number of rotatable bonds is 3. The van der Waals surface area contributed by atoms with Gasteiger partial charge in [0.25, 0.3) is 1.43 Å². The van der Waals surface area contributed by atoms with Crippen molar-refractivity contribution in [3.05, 3.63) is 89.5 Å². The van der Waals surface area contributed by atoms with Crippen molar-refractivity contribution >= 4 is 50.6 Å². The van der Waals surface area contributed by atoms with Crippen LogP contribution in [0.5, 0.6) is 11.5 Å². The molecule has 1 aliphatic heterocycles. The number of phenolic OH excluding ortho intramolecular Hbond substituents is 1. The molecule has 0 saturated heterocycles. The highest BCUT2D eigenvalue weighted by Gasteiger charge is 2.33. The molecule has 0 fully saturated rings. The van der Waals surface area contributed by atoms with Crippen LogP contribution in [0.25, 0.3) is 0 Å². The predicted molar refractivity (Wildman–Crippen MR) is 133 cm³/mol. The first-order chi connectivity index (χ1) is 13.7. The van der Waals surface area contributed by atoms with Crippen LogP contribution in [-0.2, 0) is 11.8 Å². The number of phenols is 1. The Morgan fingerprint density at radius 3 is 2.39 bits per heavy atom. The van der Waals surface area contributed by atoms with Crippen LogP contribution in [0.2, 0.25) is 0 Å². The molecule has 146 valence electrons. The second-order valence-electron chi connectivity index (χ2n) is 6.08. The minimum Gasteiger partial charge on any atom is -0.508 e. The van der Waals surface area contributed by atoms with E-state index >= 15 is 0 Å². The quantitative estimate of drug-likeness (QED) is 0.268. The SMILES string of the molecule is C.S=PI.[3H]Oc1ccc([C@H]2Oc3ccc(C)cc3S[C@H]2c2ccccc2)cc1. The van der Waals surface area contributed by atoms with Crippen LogP contribution in [0.3, 0.4) is 0 Å². The van der Waals surface area contributed by atoms with Gasteiger partial charge in [0.05, 0.1) is 10.1 Å². The lowest BCUT2D eigenvalue weighted by Gasteiger charge is -2.34. The maximum Gasteiger partial charge on any atom is 0.293 e. The number of hydrogen-bond donors (Lipinski definition) is 1. The van der Waals surface area contributed by atoms with Crippen LogP contribution in [0.4, 0.5) is 0 Å². The number of thioether (sulfide) groups is 1. The summed E-state index contributed by atoms with van der Waals surface area (Å²) in [5, 5.41) is 4.71. The zero-order valence-electron chi connectivity index (χ0n) is 15.5. The molecule has 2 atom stereocenters. The molecule has 28 heavy (non-hydrogen) atoms. The van der Waals surface area contributed by atoms with Gasteiger partial charge in [-0.3, -0.25) is 0 Å². The molecule has 3 aromatic carbocycles. The first-order valence-corrected chi connectivity index (χ1v) is 13.9. The second-order valence-corrected chi connectivity index (χ2v) is 11.4. The van der Waals surface area contributed by atoms with Gasteiger partial charge in [-0.05, 0) is 81.7 Å². The summed E-state index contributed by atoms with van der Waals surface area (Å²) in [7, 11) is 0. The van der Waals surface area contributed by atoms with Gasteiger partial charge in [0.1, 0.15) is 17.6 Å². The Morgan fingerprint density at radius 2 is 1.75 bits per heavy atom. The van der Waals surface area contributed by atoms with Crippen LogP contribution in [0, 0.1) is 6.92 Å². The third-order valence-corrected chi connectivity index (χ3v) is 5.57. The molecule has 1 aliphatic rings. The topological polar surface area (TPSA) is 29.5 Å². The van der Waals surface area contributed by atoms with E-state index in [4.69, 9.17) is 6.17 Å². The lowest BCUT2D eigenvalue weighted by atomic mass is 10.00. The fourth-order valence-electron chi connectivity index (χ4n) is 2.99. The lowest BCUT2D eigenvalue weighted by molar-refractivity contribution is 0.191. The van der Waals surface area contributed by atoms with Crippen LogP contribution in [0.15, 0.2) is 77.7 Å². The summed E-state index contributed by atoms with van der Waals surface area (Å²) in [6.45, 7) is 2.10. The Kier molecular flexibility index (Phi) is 8.59. The fraction of sp³-hybridized carbons (Fsp3) is 0.182. The summed E-state index contributed by atoms with van der Waals surface area (Å²) in [5.74, 6) is 1.45. The van der Waals surface area contributed by atoms with E-state index in [-0.39, 0.29) is 18.8 Å². The maximum atomic E-state index is 7.01. The average molecular weight is 542 g/mol. The van der Waals surface area contributed by atoms with Crippen molar-refractivity contribution in [2.75, 3.05) is 0 Å². The summed E-state index contributed by atoms with van der Waals surface area (Å²) >= 11 is 8.27. The van der Waals surface area contributed by atoms with Crippen LogP contribution >= 0.6 is 38.8 Å². The van der Waals surface area contributed by atoms with E-state index in [0.717, 1.165) is 16.3 Å². The fourth-order valence-corrected chi connectivity index (χ4v) is 4.38. The zero-order valence-corrected chi connectivity index (χ0v) is 19.2. The van der Waals surface area contributed by atoms with Gasteiger partial charge in [0, 0.05) is 5.00 Å². The number of benzene rings is 3. The molecule has 0 saturated carbocycles. The summed E-state index contributed by atoms with van der Waals surface area (Å²) in [6.07, 6.45) is -0.0950. The number of halogens is 1. The van der Waals surface area contributed by atoms with E-state index in [1.807, 2.05) is 48.2 Å². The Labute approximate surface area is 192 Å². The Balaban J connectivity index is 0.000000708. The highest BCUT2D eigenvalue weighted by atomic mass is 127. The molecule has 1 heterocycles. The van der Waals surface area contributed by atoms with Crippen molar-refractivity contribution in [1.29, 1.82) is 1.43 Å². The molecule has 2 nitrogen and oxygen atoms in total. The number of ether oxygens (including phenoxy) is 1. The van der Waals surface area contributed by atoms with E-state index in [1.54, 1.807) is 0 Å². The largest absolute Gasteiger partial charge is 0.508 e. The molecule has 0 aliphatic carbocycles. The Hall–Kier alpha value is -1.14. The molecule has 0 radical (unpaired) electrons. The van der Waals surface area contributed by atoms with E-state index in [9.17, 15) is 0 Å². The monoisotopic (exact) mass is 542 g/mol. The molecule has 4 rings (SSSR count). The summed E-state index contributed by atoms with van der Waals surface area (Å²) in [4.78, 5) is 2.15. The summed E-state index contributed by atoms with van der Waals surface area (Å²) < 4.78 is 13.4. The third kappa shape index (κ3) is 5.69. The van der Waals surface area contributed by atoms with Crippen molar-refractivity contribution in [1.82, 2.24) is 0 Å². The standard InChI is InChI=1S/C21H18O2S.CH4.IPS/c1-14-7-12-18-19(13-14)24-21(16-5-3-2-4-6-16)20(23-18)15-8-10-17(22)11-9-15;;1-2-3/h2-13,20-22H,1H3;1H4;/t20-,21+;;/m1../s1/i/hT. The van der Waals surface area contributed by atoms with Gasteiger partial charge >= 0.3 is 0 Å². The first-order valence-electron chi connectivity index (χ1n) is 8.72. The van der Waals surface area contributed by atoms with Gasteiger partial charge < -0.3 is 9.85 Å². The third-order valence-electron chi connectivity index (χ3n) is 4.22. The van der Waals surface area contributed by atoms with Crippen LogP contribution < -0.4 is 4.74 Å². The van der Waals surface area contributed by atoms with Gasteiger partial charge in [0.2, 0.25) is 0 Å². The van der Waals surface area contributed by atoms with Crippen molar-refractivity contribution in [3.8, 4) is 11.5 Å². The molecule has 0 amide bonds. The van der Waals surface area contributed by atoms with Crippen LogP contribution in [0.1, 0.15) is 35.5 Å². The van der Waals surface area contributed by atoms with Gasteiger partial charge in [0.15, 0.2) is 0 Å². The van der Waals surface area contributed by atoms with Gasteiger partial charge in [-0.2, -0.15) is 0 Å². The number of fused-ring (bicyclic) bond motifs is 1. The molecular weight excluding hydrogens is 518 g/mol. The van der Waals surface area contributed by atoms with Crippen molar-refractivity contribution in [2.45, 2.75) is 30.6 Å². The first kappa shape index (κ1) is 21.6. The number of aromatic hydroxyl groups is 1. The van der Waals surface area contributed by atoms with E-state index < -0.39 is 0 Å². The van der Waals surface area contributed by atoms with E-state index in [1.165, 1.54) is 16.0 Å². The maximum absolute atomic E-state index is 7.01. The predicted octanol–water partition coefficient (Wildman–Crippen LogP) is 8.05. The average Bonchev–Trinajstić information content (AvgIpc) is 2.74. The smallest absolute Gasteiger partial charge is 0.293 e. The Morgan fingerprint density at radius 1 is 1.07 bits per heavy atom. The van der Waals surface area contributed by atoms with E-state index in [0.29, 0.717) is 5.75 Å². The van der Waals surface area contributed by atoms with E-state index in [2.05, 4.69) is 82.3 Å². The van der Waals surface area contributed by atoms with Crippen molar-refractivity contribution in [3.63, 3.8) is 0 Å². The van der Waals surface area contributed by atoms with Crippen LogP contribution in [-0.4, -0.2) is 6.54 Å². The van der Waals surface area contributed by atoms with Crippen molar-refractivity contribution in [2.24, 2.45) is 0 Å². The molecule has 0 unspecified atom stereocenters. The Bertz CT molecular complexity index is 926. The molecule has 0 spiro atoms. The highest BCUT2D eigenvalue weighted by molar-refractivity contribution is 14.2. The second kappa shape index (κ2) is 11.1. The number of aryl methyl sites for hydroxylation is 1. The molecule has 0 bridgehead atoms. The zero-order chi connectivity index (χ0) is 19.9. The lowest BCUT2D eigenvalue weighted by Crippen LogP contribution is -2.19. The molecule has 1 N–H and O–H groups in total. The highest BCUT2D eigenvalue weighted by Crippen LogP contribution is 2.53.